The van der Waals surface area contributed by atoms with Crippen molar-refractivity contribution >= 4 is 0 Å². The zero-order valence-corrected chi connectivity index (χ0v) is 9.43. The van der Waals surface area contributed by atoms with E-state index in [2.05, 4.69) is 13.8 Å². The summed E-state index contributed by atoms with van der Waals surface area (Å²) in [4.78, 5) is 10.3. The minimum absolute atomic E-state index is 0.266. The molecule has 0 N–H and O–H groups in total. The van der Waals surface area contributed by atoms with Gasteiger partial charge in [-0.3, -0.25) is 10.1 Å². The monoisotopic (exact) mass is 207 g/mol. The molecule has 3 heteroatoms. The van der Waals surface area contributed by atoms with E-state index in [0.29, 0.717) is 5.92 Å². The van der Waals surface area contributed by atoms with Crippen molar-refractivity contribution in [1.82, 2.24) is 0 Å². The topological polar surface area (TPSA) is 43.1 Å². The third-order valence-corrected chi connectivity index (χ3v) is 2.42. The zero-order chi connectivity index (χ0) is 11.4. The summed E-state index contributed by atoms with van der Waals surface area (Å²) >= 11 is 0. The Morgan fingerprint density at radius 1 is 1.20 bits per heavy atom. The van der Waals surface area contributed by atoms with Crippen molar-refractivity contribution in [3.05, 3.63) is 45.5 Å². The molecule has 1 aromatic carbocycles. The van der Waals surface area contributed by atoms with Crippen molar-refractivity contribution in [3.63, 3.8) is 0 Å². The molecule has 0 aromatic heterocycles. The van der Waals surface area contributed by atoms with Gasteiger partial charge in [-0.05, 0) is 17.9 Å². The Balaban J connectivity index is 2.76. The van der Waals surface area contributed by atoms with Crippen LogP contribution in [-0.2, 0) is 6.42 Å². The van der Waals surface area contributed by atoms with Gasteiger partial charge in [-0.15, -0.1) is 0 Å². The van der Waals surface area contributed by atoms with Crippen LogP contribution in [0.1, 0.15) is 37.9 Å². The molecule has 82 valence electrons. The summed E-state index contributed by atoms with van der Waals surface area (Å²) < 4.78 is 0. The smallest absolute Gasteiger partial charge is 0.235 e. The summed E-state index contributed by atoms with van der Waals surface area (Å²) in [6.45, 7) is 5.93. The summed E-state index contributed by atoms with van der Waals surface area (Å²) in [7, 11) is 0. The van der Waals surface area contributed by atoms with Gasteiger partial charge >= 0.3 is 0 Å². The van der Waals surface area contributed by atoms with E-state index in [1.165, 1.54) is 5.56 Å². The first kappa shape index (κ1) is 11.7. The predicted octanol–water partition coefficient (Wildman–Crippen LogP) is 3.22. The van der Waals surface area contributed by atoms with Crippen LogP contribution in [0.3, 0.4) is 0 Å². The number of benzene rings is 1. The summed E-state index contributed by atoms with van der Waals surface area (Å²) in [6.07, 6.45) is 1.02. The normalized spacial score (nSPS) is 12.8. The van der Waals surface area contributed by atoms with Crippen LogP contribution in [0.4, 0.5) is 0 Å². The first-order valence-corrected chi connectivity index (χ1v) is 5.23. The van der Waals surface area contributed by atoms with Crippen LogP contribution in [0.25, 0.3) is 0 Å². The van der Waals surface area contributed by atoms with Crippen molar-refractivity contribution in [3.8, 4) is 0 Å². The minimum Gasteiger partial charge on any atom is -0.264 e. The largest absolute Gasteiger partial charge is 0.264 e. The van der Waals surface area contributed by atoms with E-state index in [1.54, 1.807) is 6.92 Å². The Morgan fingerprint density at radius 2 is 1.73 bits per heavy atom. The highest BCUT2D eigenvalue weighted by atomic mass is 16.6. The van der Waals surface area contributed by atoms with E-state index in [0.717, 1.165) is 12.0 Å². The molecule has 1 rings (SSSR count). The Hall–Kier alpha value is -1.38. The average molecular weight is 207 g/mol. The molecule has 0 aliphatic carbocycles. The van der Waals surface area contributed by atoms with Crippen LogP contribution < -0.4 is 0 Å². The number of hydrogen-bond donors (Lipinski definition) is 0. The van der Waals surface area contributed by atoms with Crippen LogP contribution in [0.5, 0.6) is 0 Å². The van der Waals surface area contributed by atoms with Crippen LogP contribution in [0.2, 0.25) is 0 Å². The fourth-order valence-corrected chi connectivity index (χ4v) is 1.53. The van der Waals surface area contributed by atoms with Crippen molar-refractivity contribution in [2.24, 2.45) is 5.92 Å². The second-order valence-corrected chi connectivity index (χ2v) is 4.30. The molecule has 0 heterocycles. The SMILES string of the molecule is CC(C)Cc1ccc(C(C)[N+](=O)[O-])cc1. The molecule has 1 unspecified atom stereocenters. The maximum Gasteiger partial charge on any atom is 0.235 e. The highest BCUT2D eigenvalue weighted by Crippen LogP contribution is 2.17. The van der Waals surface area contributed by atoms with Crippen LogP contribution >= 0.6 is 0 Å². The van der Waals surface area contributed by atoms with Gasteiger partial charge in [-0.1, -0.05) is 38.1 Å². The lowest BCUT2D eigenvalue weighted by molar-refractivity contribution is -0.524. The first-order chi connectivity index (χ1) is 7.00. The van der Waals surface area contributed by atoms with E-state index in [1.807, 2.05) is 24.3 Å². The summed E-state index contributed by atoms with van der Waals surface area (Å²) in [5.74, 6) is 0.615. The van der Waals surface area contributed by atoms with Crippen molar-refractivity contribution in [2.45, 2.75) is 33.2 Å². The second kappa shape index (κ2) is 4.91. The van der Waals surface area contributed by atoms with E-state index in [-0.39, 0.29) is 4.92 Å². The molecule has 3 nitrogen and oxygen atoms in total. The fourth-order valence-electron chi connectivity index (χ4n) is 1.53. The van der Waals surface area contributed by atoms with Gasteiger partial charge in [0.05, 0.1) is 0 Å². The van der Waals surface area contributed by atoms with Gasteiger partial charge in [0.1, 0.15) is 0 Å². The number of nitrogens with zero attached hydrogens (tertiary/aromatic N) is 1. The van der Waals surface area contributed by atoms with Gasteiger partial charge < -0.3 is 0 Å². The molecule has 1 aromatic rings. The molecule has 0 radical (unpaired) electrons. The maximum absolute atomic E-state index is 10.6. The van der Waals surface area contributed by atoms with Crippen LogP contribution in [-0.4, -0.2) is 4.92 Å². The number of nitro groups is 1. The first-order valence-electron chi connectivity index (χ1n) is 5.23. The quantitative estimate of drug-likeness (QED) is 0.562. The van der Waals surface area contributed by atoms with Crippen molar-refractivity contribution in [1.29, 1.82) is 0 Å². The Labute approximate surface area is 90.3 Å². The molecule has 1 atom stereocenters. The van der Waals surface area contributed by atoms with Crippen molar-refractivity contribution < 1.29 is 4.92 Å². The number of rotatable bonds is 4. The average Bonchev–Trinajstić information content (AvgIpc) is 2.17. The lowest BCUT2D eigenvalue weighted by atomic mass is 10.0. The molecule has 0 aliphatic heterocycles. The summed E-state index contributed by atoms with van der Waals surface area (Å²) in [6, 6.07) is 7.05. The number of hydrogen-bond acceptors (Lipinski definition) is 2. The molecule has 0 aliphatic rings. The van der Waals surface area contributed by atoms with E-state index < -0.39 is 6.04 Å². The summed E-state index contributed by atoms with van der Waals surface area (Å²) in [5, 5.41) is 10.6. The highest BCUT2D eigenvalue weighted by molar-refractivity contribution is 5.24. The highest BCUT2D eigenvalue weighted by Gasteiger charge is 2.14. The summed E-state index contributed by atoms with van der Waals surface area (Å²) in [5.41, 5.74) is 2.01. The van der Waals surface area contributed by atoms with Gasteiger partial charge in [0.25, 0.3) is 0 Å². The maximum atomic E-state index is 10.6. The fraction of sp³-hybridized carbons (Fsp3) is 0.500. The molecule has 0 saturated heterocycles. The third-order valence-electron chi connectivity index (χ3n) is 2.42. The lowest BCUT2D eigenvalue weighted by Gasteiger charge is -2.07. The molecule has 0 saturated carbocycles. The van der Waals surface area contributed by atoms with Gasteiger partial charge in [0.2, 0.25) is 6.04 Å². The van der Waals surface area contributed by atoms with Crippen LogP contribution in [0.15, 0.2) is 24.3 Å². The predicted molar refractivity (Wildman–Crippen MR) is 60.4 cm³/mol. The minimum atomic E-state index is -0.613. The van der Waals surface area contributed by atoms with Gasteiger partial charge in [-0.25, -0.2) is 0 Å². The molecule has 15 heavy (non-hydrogen) atoms. The second-order valence-electron chi connectivity index (χ2n) is 4.30. The lowest BCUT2D eigenvalue weighted by Crippen LogP contribution is -2.06. The van der Waals surface area contributed by atoms with E-state index >= 15 is 0 Å². The zero-order valence-electron chi connectivity index (χ0n) is 9.43. The molecular weight excluding hydrogens is 190 g/mol. The Kier molecular flexibility index (Phi) is 3.83. The van der Waals surface area contributed by atoms with Crippen molar-refractivity contribution in [2.75, 3.05) is 0 Å². The van der Waals surface area contributed by atoms with E-state index in [4.69, 9.17) is 0 Å². The third kappa shape index (κ3) is 3.35. The molecular formula is C12H17NO2. The van der Waals surface area contributed by atoms with E-state index in [9.17, 15) is 10.1 Å². The molecule has 0 spiro atoms. The van der Waals surface area contributed by atoms with Gasteiger partial charge in [-0.2, -0.15) is 0 Å². The van der Waals surface area contributed by atoms with Crippen LogP contribution in [0, 0.1) is 16.0 Å². The molecule has 0 fully saturated rings. The Morgan fingerprint density at radius 3 is 2.13 bits per heavy atom. The Bertz CT molecular complexity index is 330. The standard InChI is InChI=1S/C12H17NO2/c1-9(2)8-11-4-6-12(7-5-11)10(3)13(14)15/h4-7,9-10H,8H2,1-3H3. The molecule has 0 bridgehead atoms. The van der Waals surface area contributed by atoms with Gasteiger partial charge in [0.15, 0.2) is 0 Å². The van der Waals surface area contributed by atoms with Gasteiger partial charge in [0, 0.05) is 17.4 Å². The molecule has 0 amide bonds.